The Morgan fingerprint density at radius 3 is 2.26 bits per heavy atom. The molecule has 35 heavy (non-hydrogen) atoms. The normalized spacial score (nSPS) is 13.2. The van der Waals surface area contributed by atoms with E-state index >= 15 is 0 Å². The molecule has 0 N–H and O–H groups in total. The molecule has 8 heteroatoms. The molecule has 0 aliphatic rings. The van der Waals surface area contributed by atoms with Gasteiger partial charge >= 0.3 is 11.9 Å². The van der Waals surface area contributed by atoms with E-state index in [2.05, 4.69) is 0 Å². The first-order chi connectivity index (χ1) is 16.8. The van der Waals surface area contributed by atoms with Crippen LogP contribution in [0, 0.1) is 5.92 Å². The summed E-state index contributed by atoms with van der Waals surface area (Å²) in [6.45, 7) is 1.11. The highest BCUT2D eigenvalue weighted by atomic mass is 32.2. The zero-order valence-corrected chi connectivity index (χ0v) is 20.7. The smallest absolute Gasteiger partial charge is 0.310 e. The van der Waals surface area contributed by atoms with Gasteiger partial charge in [0.25, 0.3) is 0 Å². The van der Waals surface area contributed by atoms with Crippen LogP contribution >= 0.6 is 0 Å². The summed E-state index contributed by atoms with van der Waals surface area (Å²) in [5.41, 5.74) is 1.68. The van der Waals surface area contributed by atoms with Gasteiger partial charge in [-0.25, -0.2) is 8.42 Å². The van der Waals surface area contributed by atoms with Gasteiger partial charge in [0, 0.05) is 14.0 Å². The molecule has 0 fully saturated rings. The second-order valence-corrected chi connectivity index (χ2v) is 10.5. The first kappa shape index (κ1) is 26.4. The number of rotatable bonds is 12. The maximum absolute atomic E-state index is 13.1. The highest BCUT2D eigenvalue weighted by molar-refractivity contribution is 7.91. The predicted molar refractivity (Wildman–Crippen MR) is 133 cm³/mol. The molecule has 0 aromatic heterocycles. The van der Waals surface area contributed by atoms with Crippen LogP contribution in [0.4, 0.5) is 0 Å². The summed E-state index contributed by atoms with van der Waals surface area (Å²) < 4.78 is 41.7. The van der Waals surface area contributed by atoms with Gasteiger partial charge in [-0.15, -0.1) is 0 Å². The SMILES string of the molecule is COC(COC(C)=O)CS(=O)(=O)C[C@@H](Cc1cccc2ccccc12)C(=O)OCc1ccccc1. The third kappa shape index (κ3) is 8.19. The van der Waals surface area contributed by atoms with Gasteiger partial charge in [-0.1, -0.05) is 72.8 Å². The third-order valence-corrected chi connectivity index (χ3v) is 7.39. The Morgan fingerprint density at radius 1 is 0.857 bits per heavy atom. The lowest BCUT2D eigenvalue weighted by Crippen LogP contribution is -2.34. The van der Waals surface area contributed by atoms with E-state index in [4.69, 9.17) is 14.2 Å². The minimum Gasteiger partial charge on any atom is -0.463 e. The standard InChI is InChI=1S/C27H30O7S/c1-20(28)33-17-25(32-2)19-35(30,31)18-24(27(29)34-16-21-9-4-3-5-10-21)15-23-13-8-12-22-11-6-7-14-26(22)23/h3-14,24-25H,15-19H2,1-2H3/t24-,25?/m1/s1. The lowest BCUT2D eigenvalue weighted by Gasteiger charge is -2.20. The number of methoxy groups -OCH3 is 1. The summed E-state index contributed by atoms with van der Waals surface area (Å²) in [4.78, 5) is 24.2. The first-order valence-corrected chi connectivity index (χ1v) is 13.1. The van der Waals surface area contributed by atoms with Crippen LogP contribution in [0.25, 0.3) is 10.8 Å². The topological polar surface area (TPSA) is 96.0 Å². The molecular weight excluding hydrogens is 468 g/mol. The van der Waals surface area contributed by atoms with Crippen molar-refractivity contribution in [2.45, 2.75) is 26.1 Å². The van der Waals surface area contributed by atoms with Gasteiger partial charge in [0.2, 0.25) is 0 Å². The number of esters is 2. The number of fused-ring (bicyclic) bond motifs is 1. The molecular formula is C27H30O7S. The fourth-order valence-electron chi connectivity index (χ4n) is 3.85. The van der Waals surface area contributed by atoms with Crippen LogP contribution in [0.2, 0.25) is 0 Å². The lowest BCUT2D eigenvalue weighted by molar-refractivity contribution is -0.149. The average molecular weight is 499 g/mol. The Morgan fingerprint density at radius 2 is 1.54 bits per heavy atom. The van der Waals surface area contributed by atoms with E-state index < -0.39 is 39.6 Å². The van der Waals surface area contributed by atoms with Crippen LogP contribution in [-0.2, 0) is 46.7 Å². The summed E-state index contributed by atoms with van der Waals surface area (Å²) in [7, 11) is -2.41. The molecule has 186 valence electrons. The number of benzene rings is 3. The van der Waals surface area contributed by atoms with Crippen molar-refractivity contribution in [1.29, 1.82) is 0 Å². The predicted octanol–water partition coefficient (Wildman–Crippen LogP) is 3.73. The van der Waals surface area contributed by atoms with E-state index in [1.165, 1.54) is 14.0 Å². The minimum atomic E-state index is -3.76. The van der Waals surface area contributed by atoms with E-state index in [9.17, 15) is 18.0 Å². The van der Waals surface area contributed by atoms with E-state index in [0.717, 1.165) is 21.9 Å². The summed E-state index contributed by atoms with van der Waals surface area (Å²) in [6, 6.07) is 22.7. The van der Waals surface area contributed by atoms with Gasteiger partial charge < -0.3 is 14.2 Å². The zero-order chi connectivity index (χ0) is 25.3. The summed E-state index contributed by atoms with van der Waals surface area (Å²) in [6.07, 6.45) is -0.627. The first-order valence-electron chi connectivity index (χ1n) is 11.3. The van der Waals surface area contributed by atoms with Crippen molar-refractivity contribution in [1.82, 2.24) is 0 Å². The van der Waals surface area contributed by atoms with Gasteiger partial charge in [-0.3, -0.25) is 9.59 Å². The molecule has 2 atom stereocenters. The number of ether oxygens (including phenoxy) is 3. The second kappa shape index (κ2) is 12.5. The van der Waals surface area contributed by atoms with Crippen LogP contribution in [0.1, 0.15) is 18.1 Å². The van der Waals surface area contributed by atoms with Crippen molar-refractivity contribution in [3.8, 4) is 0 Å². The van der Waals surface area contributed by atoms with E-state index in [1.807, 2.05) is 72.8 Å². The molecule has 0 spiro atoms. The molecule has 0 amide bonds. The van der Waals surface area contributed by atoms with Crippen molar-refractivity contribution in [3.05, 3.63) is 83.9 Å². The Labute approximate surface area is 205 Å². The van der Waals surface area contributed by atoms with Gasteiger partial charge in [0.15, 0.2) is 9.84 Å². The molecule has 0 heterocycles. The lowest BCUT2D eigenvalue weighted by atomic mass is 9.96. The van der Waals surface area contributed by atoms with Crippen LogP contribution in [-0.4, -0.2) is 51.7 Å². The van der Waals surface area contributed by atoms with Crippen molar-refractivity contribution in [2.75, 3.05) is 25.2 Å². The van der Waals surface area contributed by atoms with Crippen LogP contribution < -0.4 is 0 Å². The molecule has 3 aromatic rings. The largest absolute Gasteiger partial charge is 0.463 e. The van der Waals surface area contributed by atoms with Crippen LogP contribution in [0.3, 0.4) is 0 Å². The third-order valence-electron chi connectivity index (χ3n) is 5.60. The molecule has 0 radical (unpaired) electrons. The maximum Gasteiger partial charge on any atom is 0.310 e. The summed E-state index contributed by atoms with van der Waals surface area (Å²) >= 11 is 0. The molecule has 3 aromatic carbocycles. The fraction of sp³-hybridized carbons (Fsp3) is 0.333. The highest BCUT2D eigenvalue weighted by Crippen LogP contribution is 2.23. The quantitative estimate of drug-likeness (QED) is 0.351. The number of sulfone groups is 1. The molecule has 0 aliphatic carbocycles. The minimum absolute atomic E-state index is 0.0545. The summed E-state index contributed by atoms with van der Waals surface area (Å²) in [5, 5.41) is 1.96. The fourth-order valence-corrected chi connectivity index (χ4v) is 5.65. The van der Waals surface area contributed by atoms with Crippen molar-refractivity contribution in [3.63, 3.8) is 0 Å². The van der Waals surface area contributed by atoms with Gasteiger partial charge in [0.1, 0.15) is 19.3 Å². The van der Waals surface area contributed by atoms with Crippen molar-refractivity contribution >= 4 is 32.5 Å². The number of hydrogen-bond donors (Lipinski definition) is 0. The van der Waals surface area contributed by atoms with Crippen molar-refractivity contribution < 1.29 is 32.2 Å². The maximum atomic E-state index is 13.1. The highest BCUT2D eigenvalue weighted by Gasteiger charge is 2.30. The molecule has 3 rings (SSSR count). The number of carbonyl (C=O) groups is 2. The van der Waals surface area contributed by atoms with Gasteiger partial charge in [-0.05, 0) is 28.3 Å². The molecule has 0 saturated heterocycles. The van der Waals surface area contributed by atoms with E-state index in [0.29, 0.717) is 0 Å². The Kier molecular flexibility index (Phi) is 9.39. The summed E-state index contributed by atoms with van der Waals surface area (Å²) in [5.74, 6) is -2.82. The number of carbonyl (C=O) groups excluding carboxylic acids is 2. The second-order valence-electron chi connectivity index (χ2n) is 8.37. The zero-order valence-electron chi connectivity index (χ0n) is 19.9. The Bertz CT molecular complexity index is 1230. The molecule has 7 nitrogen and oxygen atoms in total. The Hall–Kier alpha value is -3.23. The van der Waals surface area contributed by atoms with Crippen LogP contribution in [0.5, 0.6) is 0 Å². The molecule has 0 saturated carbocycles. The molecule has 0 aliphatic heterocycles. The Balaban J connectivity index is 1.80. The monoisotopic (exact) mass is 498 g/mol. The van der Waals surface area contributed by atoms with Gasteiger partial charge in [0.05, 0.1) is 17.4 Å². The van der Waals surface area contributed by atoms with E-state index in [-0.39, 0.29) is 25.4 Å². The average Bonchev–Trinajstić information content (AvgIpc) is 2.85. The van der Waals surface area contributed by atoms with E-state index in [1.54, 1.807) is 0 Å². The number of hydrogen-bond acceptors (Lipinski definition) is 7. The van der Waals surface area contributed by atoms with Crippen LogP contribution in [0.15, 0.2) is 72.8 Å². The van der Waals surface area contributed by atoms with Gasteiger partial charge in [-0.2, -0.15) is 0 Å². The van der Waals surface area contributed by atoms with Crippen molar-refractivity contribution in [2.24, 2.45) is 5.92 Å². The molecule has 1 unspecified atom stereocenters. The molecule has 0 bridgehead atoms.